The molecule has 0 heterocycles. The number of nitrogens with one attached hydrogen (secondary N) is 1. The van der Waals surface area contributed by atoms with E-state index >= 15 is 0 Å². The summed E-state index contributed by atoms with van der Waals surface area (Å²) in [4.78, 5) is 11.8. The highest BCUT2D eigenvalue weighted by Crippen LogP contribution is 2.18. The molecule has 0 saturated carbocycles. The Morgan fingerprint density at radius 3 is 2.68 bits per heavy atom. The van der Waals surface area contributed by atoms with E-state index in [0.29, 0.717) is 10.6 Å². The van der Waals surface area contributed by atoms with Crippen molar-refractivity contribution in [2.24, 2.45) is 5.10 Å². The van der Waals surface area contributed by atoms with Crippen LogP contribution < -0.4 is 10.2 Å². The van der Waals surface area contributed by atoms with Crippen LogP contribution in [-0.4, -0.2) is 19.2 Å². The molecule has 2 aromatic carbocycles. The van der Waals surface area contributed by atoms with Gasteiger partial charge in [-0.05, 0) is 30.4 Å². The highest BCUT2D eigenvalue weighted by Gasteiger charge is 2.07. The zero-order chi connectivity index (χ0) is 15.8. The van der Waals surface area contributed by atoms with Crippen LogP contribution in [-0.2, 0) is 0 Å². The van der Waals surface area contributed by atoms with E-state index in [-0.39, 0.29) is 5.91 Å². The third-order valence-electron chi connectivity index (χ3n) is 2.86. The SMILES string of the molecule is COc1ccccc1/C=C/C=N/NC(=O)c1ccccc1Cl. The summed E-state index contributed by atoms with van der Waals surface area (Å²) in [5.41, 5.74) is 3.73. The van der Waals surface area contributed by atoms with Gasteiger partial charge in [-0.2, -0.15) is 5.10 Å². The molecule has 0 radical (unpaired) electrons. The average molecular weight is 315 g/mol. The Balaban J connectivity index is 1.95. The average Bonchev–Trinajstić information content (AvgIpc) is 2.55. The minimum absolute atomic E-state index is 0.354. The molecule has 0 saturated heterocycles. The van der Waals surface area contributed by atoms with Gasteiger partial charge in [0.1, 0.15) is 5.75 Å². The summed E-state index contributed by atoms with van der Waals surface area (Å²) >= 11 is 5.93. The van der Waals surface area contributed by atoms with Crippen LogP contribution in [0.3, 0.4) is 0 Å². The highest BCUT2D eigenvalue weighted by molar-refractivity contribution is 6.33. The predicted octanol–water partition coefficient (Wildman–Crippen LogP) is 3.78. The van der Waals surface area contributed by atoms with E-state index in [0.717, 1.165) is 11.3 Å². The van der Waals surface area contributed by atoms with Crippen LogP contribution in [0, 0.1) is 0 Å². The number of carbonyl (C=O) groups is 1. The molecule has 4 nitrogen and oxygen atoms in total. The molecule has 1 N–H and O–H groups in total. The van der Waals surface area contributed by atoms with Crippen LogP contribution in [0.15, 0.2) is 59.7 Å². The van der Waals surface area contributed by atoms with Gasteiger partial charge in [0.05, 0.1) is 17.7 Å². The first-order valence-electron chi connectivity index (χ1n) is 6.60. The van der Waals surface area contributed by atoms with Crippen LogP contribution in [0.4, 0.5) is 0 Å². The number of nitrogens with zero attached hydrogens (tertiary/aromatic N) is 1. The summed E-state index contributed by atoms with van der Waals surface area (Å²) in [5.74, 6) is 0.416. The van der Waals surface area contributed by atoms with Gasteiger partial charge >= 0.3 is 0 Å². The van der Waals surface area contributed by atoms with Gasteiger partial charge in [-0.15, -0.1) is 0 Å². The van der Waals surface area contributed by atoms with Crippen molar-refractivity contribution in [1.82, 2.24) is 5.43 Å². The van der Waals surface area contributed by atoms with Crippen molar-refractivity contribution in [1.29, 1.82) is 0 Å². The van der Waals surface area contributed by atoms with E-state index in [2.05, 4.69) is 10.5 Å². The molecule has 5 heteroatoms. The monoisotopic (exact) mass is 314 g/mol. The third-order valence-corrected chi connectivity index (χ3v) is 3.19. The molecule has 0 bridgehead atoms. The van der Waals surface area contributed by atoms with Gasteiger partial charge in [0.25, 0.3) is 5.91 Å². The van der Waals surface area contributed by atoms with E-state index in [4.69, 9.17) is 16.3 Å². The van der Waals surface area contributed by atoms with Gasteiger partial charge in [-0.25, -0.2) is 5.43 Å². The number of amides is 1. The second kappa shape index (κ2) is 8.00. The van der Waals surface area contributed by atoms with E-state index in [1.165, 1.54) is 6.21 Å². The first-order chi connectivity index (χ1) is 10.7. The van der Waals surface area contributed by atoms with Crippen molar-refractivity contribution in [2.75, 3.05) is 7.11 Å². The van der Waals surface area contributed by atoms with Gasteiger partial charge in [0.15, 0.2) is 0 Å². The first kappa shape index (κ1) is 15.8. The molecule has 0 fully saturated rings. The van der Waals surface area contributed by atoms with E-state index in [9.17, 15) is 4.79 Å². The maximum absolute atomic E-state index is 11.8. The summed E-state index contributed by atoms with van der Waals surface area (Å²) in [6.45, 7) is 0. The zero-order valence-corrected chi connectivity index (χ0v) is 12.7. The van der Waals surface area contributed by atoms with E-state index in [1.54, 1.807) is 37.5 Å². The van der Waals surface area contributed by atoms with Gasteiger partial charge < -0.3 is 4.74 Å². The van der Waals surface area contributed by atoms with Gasteiger partial charge in [-0.1, -0.05) is 41.9 Å². The van der Waals surface area contributed by atoms with Crippen molar-refractivity contribution in [2.45, 2.75) is 0 Å². The Labute approximate surface area is 134 Å². The quantitative estimate of drug-likeness (QED) is 0.674. The minimum atomic E-state index is -0.354. The Kier molecular flexibility index (Phi) is 5.74. The number of ether oxygens (including phenoxy) is 1. The van der Waals surface area contributed by atoms with Crippen LogP contribution in [0.1, 0.15) is 15.9 Å². The number of hydrogen-bond acceptors (Lipinski definition) is 3. The van der Waals surface area contributed by atoms with Crippen molar-refractivity contribution in [3.63, 3.8) is 0 Å². The molecule has 0 unspecified atom stereocenters. The van der Waals surface area contributed by atoms with Crippen LogP contribution in [0.5, 0.6) is 5.75 Å². The molecule has 0 aliphatic rings. The van der Waals surface area contributed by atoms with Crippen LogP contribution in [0.25, 0.3) is 6.08 Å². The number of hydrogen-bond donors (Lipinski definition) is 1. The van der Waals surface area contributed by atoms with E-state index < -0.39 is 0 Å². The van der Waals surface area contributed by atoms with Gasteiger partial charge in [-0.3, -0.25) is 4.79 Å². The minimum Gasteiger partial charge on any atom is -0.496 e. The fourth-order valence-electron chi connectivity index (χ4n) is 1.80. The normalized spacial score (nSPS) is 11.0. The molecular weight excluding hydrogens is 300 g/mol. The number of carbonyl (C=O) groups excluding carboxylic acids is 1. The number of allylic oxidation sites excluding steroid dienone is 1. The van der Waals surface area contributed by atoms with E-state index in [1.807, 2.05) is 30.3 Å². The molecule has 0 atom stereocenters. The number of methoxy groups -OCH3 is 1. The molecule has 2 aromatic rings. The molecular formula is C17H15ClN2O2. The molecule has 112 valence electrons. The van der Waals surface area contributed by atoms with Crippen molar-refractivity contribution >= 4 is 29.8 Å². The summed E-state index contributed by atoms with van der Waals surface area (Å²) in [6, 6.07) is 14.4. The molecule has 0 aromatic heterocycles. The topological polar surface area (TPSA) is 50.7 Å². The summed E-state index contributed by atoms with van der Waals surface area (Å²) in [7, 11) is 1.62. The Morgan fingerprint density at radius 1 is 1.18 bits per heavy atom. The lowest BCUT2D eigenvalue weighted by atomic mass is 10.2. The molecule has 0 aliphatic carbocycles. The summed E-state index contributed by atoms with van der Waals surface area (Å²) < 4.78 is 5.23. The zero-order valence-electron chi connectivity index (χ0n) is 12.0. The predicted molar refractivity (Wildman–Crippen MR) is 89.4 cm³/mol. The maximum Gasteiger partial charge on any atom is 0.272 e. The fraction of sp³-hybridized carbons (Fsp3) is 0.0588. The molecule has 0 spiro atoms. The third kappa shape index (κ3) is 4.20. The smallest absolute Gasteiger partial charge is 0.272 e. The number of halogens is 1. The lowest BCUT2D eigenvalue weighted by Crippen LogP contribution is -2.17. The van der Waals surface area contributed by atoms with Crippen LogP contribution in [0.2, 0.25) is 5.02 Å². The van der Waals surface area contributed by atoms with Gasteiger partial charge in [0, 0.05) is 11.8 Å². The van der Waals surface area contributed by atoms with Crippen LogP contribution >= 0.6 is 11.6 Å². The molecule has 1 amide bonds. The molecule has 22 heavy (non-hydrogen) atoms. The fourth-order valence-corrected chi connectivity index (χ4v) is 2.02. The Bertz CT molecular complexity index is 711. The largest absolute Gasteiger partial charge is 0.496 e. The number of benzene rings is 2. The number of rotatable bonds is 5. The first-order valence-corrected chi connectivity index (χ1v) is 6.98. The maximum atomic E-state index is 11.8. The number of hydrazone groups is 1. The van der Waals surface area contributed by atoms with Crippen molar-refractivity contribution in [3.05, 3.63) is 70.8 Å². The van der Waals surface area contributed by atoms with Crippen molar-refractivity contribution < 1.29 is 9.53 Å². The molecule has 0 aliphatic heterocycles. The molecule has 2 rings (SSSR count). The summed E-state index contributed by atoms with van der Waals surface area (Å²) in [6.07, 6.45) is 5.04. The second-order valence-corrected chi connectivity index (χ2v) is 4.71. The Morgan fingerprint density at radius 2 is 1.91 bits per heavy atom. The second-order valence-electron chi connectivity index (χ2n) is 4.30. The van der Waals surface area contributed by atoms with Gasteiger partial charge in [0.2, 0.25) is 0 Å². The number of para-hydroxylation sites is 1. The lowest BCUT2D eigenvalue weighted by molar-refractivity contribution is 0.0955. The highest BCUT2D eigenvalue weighted by atomic mass is 35.5. The summed E-state index contributed by atoms with van der Waals surface area (Å²) in [5, 5.41) is 4.24. The Hall–Kier alpha value is -2.59. The van der Waals surface area contributed by atoms with Crippen molar-refractivity contribution in [3.8, 4) is 5.75 Å². The lowest BCUT2D eigenvalue weighted by Gasteiger charge is -2.02. The standard InChI is InChI=1S/C17H15ClN2O2/c1-22-16-11-5-2-7-13(16)8-6-12-19-20-17(21)14-9-3-4-10-15(14)18/h2-12H,1H3,(H,20,21)/b8-6+,19-12+.